The Morgan fingerprint density at radius 1 is 1.35 bits per heavy atom. The van der Waals surface area contributed by atoms with Crippen LogP contribution < -0.4 is 5.32 Å². The van der Waals surface area contributed by atoms with Gasteiger partial charge in [0.1, 0.15) is 0 Å². The number of halogens is 1. The summed E-state index contributed by atoms with van der Waals surface area (Å²) in [6, 6.07) is 6.94. The first-order valence-corrected chi connectivity index (χ1v) is 9.52. The Morgan fingerprint density at radius 2 is 2.00 bits per heavy atom. The summed E-state index contributed by atoms with van der Waals surface area (Å²) in [6.07, 6.45) is 2.69. The van der Waals surface area contributed by atoms with Gasteiger partial charge in [0.2, 0.25) is 15.9 Å². The van der Waals surface area contributed by atoms with Crippen molar-refractivity contribution in [1.29, 1.82) is 0 Å². The molecule has 1 heterocycles. The molecule has 5 nitrogen and oxygen atoms in total. The van der Waals surface area contributed by atoms with Crippen LogP contribution in [0.25, 0.3) is 0 Å². The Kier molecular flexibility index (Phi) is 6.21. The Labute approximate surface area is 142 Å². The lowest BCUT2D eigenvalue weighted by molar-refractivity contribution is -0.125. The number of carbonyl (C=O) groups is 1. The lowest BCUT2D eigenvalue weighted by Gasteiger charge is -2.30. The van der Waals surface area contributed by atoms with Gasteiger partial charge >= 0.3 is 0 Å². The number of benzene rings is 1. The van der Waals surface area contributed by atoms with Crippen LogP contribution in [-0.4, -0.2) is 38.3 Å². The smallest absolute Gasteiger partial charge is 0.223 e. The van der Waals surface area contributed by atoms with E-state index >= 15 is 0 Å². The molecule has 1 N–H and O–H groups in total. The number of amides is 1. The number of piperidine rings is 1. The Balaban J connectivity index is 1.95. The molecule has 1 aliphatic rings. The zero-order valence-corrected chi connectivity index (χ0v) is 14.4. The topological polar surface area (TPSA) is 66.5 Å². The van der Waals surface area contributed by atoms with Gasteiger partial charge in [0.15, 0.2) is 0 Å². The monoisotopic (exact) mass is 356 g/mol. The van der Waals surface area contributed by atoms with E-state index in [0.29, 0.717) is 43.1 Å². The van der Waals surface area contributed by atoms with E-state index in [1.807, 2.05) is 0 Å². The molecule has 1 aromatic rings. The van der Waals surface area contributed by atoms with E-state index in [4.69, 9.17) is 11.6 Å². The number of hydrogen-bond donors (Lipinski definition) is 1. The van der Waals surface area contributed by atoms with Gasteiger partial charge in [-0.3, -0.25) is 4.79 Å². The Hall–Kier alpha value is -1.37. The molecule has 23 heavy (non-hydrogen) atoms. The van der Waals surface area contributed by atoms with Crippen molar-refractivity contribution in [2.24, 2.45) is 5.92 Å². The van der Waals surface area contributed by atoms with Crippen molar-refractivity contribution < 1.29 is 13.2 Å². The molecule has 0 bridgehead atoms. The third-order valence-electron chi connectivity index (χ3n) is 3.93. The van der Waals surface area contributed by atoms with E-state index in [2.05, 4.69) is 11.9 Å². The van der Waals surface area contributed by atoms with Crippen LogP contribution in [-0.2, 0) is 20.6 Å². The van der Waals surface area contributed by atoms with E-state index < -0.39 is 10.0 Å². The van der Waals surface area contributed by atoms with Crippen molar-refractivity contribution in [2.45, 2.75) is 18.6 Å². The van der Waals surface area contributed by atoms with Crippen molar-refractivity contribution in [3.63, 3.8) is 0 Å². The van der Waals surface area contributed by atoms with E-state index in [9.17, 15) is 13.2 Å². The molecule has 0 atom stereocenters. The molecular formula is C16H21ClN2O3S. The van der Waals surface area contributed by atoms with Crippen molar-refractivity contribution in [2.75, 3.05) is 19.6 Å². The molecule has 1 aliphatic heterocycles. The molecule has 0 aromatic heterocycles. The van der Waals surface area contributed by atoms with Crippen LogP contribution in [0.4, 0.5) is 0 Å². The van der Waals surface area contributed by atoms with Crippen LogP contribution in [0, 0.1) is 5.92 Å². The molecule has 0 aliphatic carbocycles. The van der Waals surface area contributed by atoms with Gasteiger partial charge < -0.3 is 5.32 Å². The minimum atomic E-state index is -3.42. The van der Waals surface area contributed by atoms with Gasteiger partial charge in [0.25, 0.3) is 0 Å². The highest BCUT2D eigenvalue weighted by Crippen LogP contribution is 2.24. The lowest BCUT2D eigenvalue weighted by atomic mass is 9.97. The summed E-state index contributed by atoms with van der Waals surface area (Å²) in [7, 11) is -3.42. The second kappa shape index (κ2) is 7.95. The summed E-state index contributed by atoms with van der Waals surface area (Å²) in [6.45, 7) is 4.71. The number of sulfonamides is 1. The predicted octanol–water partition coefficient (Wildman–Crippen LogP) is 2.18. The average Bonchev–Trinajstić information content (AvgIpc) is 2.55. The largest absolute Gasteiger partial charge is 0.352 e. The first-order chi connectivity index (χ1) is 10.9. The van der Waals surface area contributed by atoms with Gasteiger partial charge in [-0.25, -0.2) is 12.7 Å². The summed E-state index contributed by atoms with van der Waals surface area (Å²) in [5, 5.41) is 3.21. The number of rotatable bonds is 6. The minimum Gasteiger partial charge on any atom is -0.352 e. The van der Waals surface area contributed by atoms with Gasteiger partial charge in [-0.15, -0.1) is 6.58 Å². The maximum Gasteiger partial charge on any atom is 0.223 e. The van der Waals surface area contributed by atoms with Gasteiger partial charge in [0.05, 0.1) is 5.75 Å². The fourth-order valence-corrected chi connectivity index (χ4v) is 4.49. The highest BCUT2D eigenvalue weighted by molar-refractivity contribution is 7.88. The molecule has 2 rings (SSSR count). The third-order valence-corrected chi connectivity index (χ3v) is 6.13. The first kappa shape index (κ1) is 18.0. The molecule has 0 spiro atoms. The molecule has 1 saturated heterocycles. The fraction of sp³-hybridized carbons (Fsp3) is 0.438. The maximum absolute atomic E-state index is 12.5. The lowest BCUT2D eigenvalue weighted by Crippen LogP contribution is -2.43. The molecule has 7 heteroatoms. The van der Waals surface area contributed by atoms with Gasteiger partial charge in [-0.2, -0.15) is 0 Å². The highest BCUT2D eigenvalue weighted by Gasteiger charge is 2.31. The Bertz CT molecular complexity index is 668. The number of carbonyl (C=O) groups excluding carboxylic acids is 1. The van der Waals surface area contributed by atoms with Crippen molar-refractivity contribution in [1.82, 2.24) is 9.62 Å². The van der Waals surface area contributed by atoms with Crippen molar-refractivity contribution in [3.05, 3.63) is 47.5 Å². The Morgan fingerprint density at radius 3 is 2.61 bits per heavy atom. The van der Waals surface area contributed by atoms with Crippen LogP contribution >= 0.6 is 11.6 Å². The summed E-state index contributed by atoms with van der Waals surface area (Å²) in [5.41, 5.74) is 0.597. The average molecular weight is 357 g/mol. The second-order valence-electron chi connectivity index (χ2n) is 5.55. The van der Waals surface area contributed by atoms with E-state index in [1.165, 1.54) is 4.31 Å². The number of hydrogen-bond acceptors (Lipinski definition) is 3. The summed E-state index contributed by atoms with van der Waals surface area (Å²) in [5.74, 6) is -0.283. The van der Waals surface area contributed by atoms with Crippen molar-refractivity contribution in [3.8, 4) is 0 Å². The van der Waals surface area contributed by atoms with Crippen LogP contribution in [0.5, 0.6) is 0 Å². The summed E-state index contributed by atoms with van der Waals surface area (Å²) < 4.78 is 26.5. The van der Waals surface area contributed by atoms with Gasteiger partial charge in [-0.05, 0) is 24.5 Å². The molecule has 0 unspecified atom stereocenters. The van der Waals surface area contributed by atoms with Crippen LogP contribution in [0.1, 0.15) is 18.4 Å². The fourth-order valence-electron chi connectivity index (χ4n) is 2.62. The molecular weight excluding hydrogens is 336 g/mol. The van der Waals surface area contributed by atoms with Gasteiger partial charge in [0, 0.05) is 30.6 Å². The standard InChI is InChI=1S/C16H21ClN2O3S/c1-2-9-18-16(20)13-7-10-19(11-8-13)23(21,22)12-14-5-3-4-6-15(14)17/h2-6,13H,1,7-12H2,(H,18,20). The third kappa shape index (κ3) is 4.80. The normalized spacial score (nSPS) is 16.9. The highest BCUT2D eigenvalue weighted by atomic mass is 35.5. The van der Waals surface area contributed by atoms with Gasteiger partial charge in [-0.1, -0.05) is 35.9 Å². The number of nitrogens with zero attached hydrogens (tertiary/aromatic N) is 1. The molecule has 0 radical (unpaired) electrons. The van der Waals surface area contributed by atoms with E-state index in [-0.39, 0.29) is 17.6 Å². The predicted molar refractivity (Wildman–Crippen MR) is 91.6 cm³/mol. The summed E-state index contributed by atoms with van der Waals surface area (Å²) in [4.78, 5) is 11.9. The van der Waals surface area contributed by atoms with E-state index in [1.54, 1.807) is 30.3 Å². The molecule has 1 fully saturated rings. The first-order valence-electron chi connectivity index (χ1n) is 7.54. The summed E-state index contributed by atoms with van der Waals surface area (Å²) >= 11 is 6.04. The number of nitrogens with one attached hydrogen (secondary N) is 1. The van der Waals surface area contributed by atoms with Crippen LogP contribution in [0.3, 0.4) is 0 Å². The second-order valence-corrected chi connectivity index (χ2v) is 7.93. The molecule has 0 saturated carbocycles. The van der Waals surface area contributed by atoms with E-state index in [0.717, 1.165) is 0 Å². The maximum atomic E-state index is 12.5. The molecule has 1 amide bonds. The SMILES string of the molecule is C=CCNC(=O)C1CCN(S(=O)(=O)Cc2ccccc2Cl)CC1. The quantitative estimate of drug-likeness (QED) is 0.794. The molecule has 1 aromatic carbocycles. The zero-order valence-electron chi connectivity index (χ0n) is 12.9. The zero-order chi connectivity index (χ0) is 16.9. The minimum absolute atomic E-state index is 0.0342. The molecule has 126 valence electrons. The van der Waals surface area contributed by atoms with Crippen LogP contribution in [0.15, 0.2) is 36.9 Å². The van der Waals surface area contributed by atoms with Crippen LogP contribution in [0.2, 0.25) is 5.02 Å². The van der Waals surface area contributed by atoms with Crippen molar-refractivity contribution >= 4 is 27.5 Å².